The SMILES string of the molecule is CNC(=O)[C@@]12C[C@@H]1[C@@H](n1cnc3c(Cl)cc(Cl)nc31)[C@@H]1OC(C)(C)O[C@@H]12. The summed E-state index contributed by atoms with van der Waals surface area (Å²) in [6.45, 7) is 3.74. The number of ether oxygens (including phenoxy) is 2. The molecule has 2 saturated carbocycles. The summed E-state index contributed by atoms with van der Waals surface area (Å²) < 4.78 is 14.3. The second kappa shape index (κ2) is 5.10. The van der Waals surface area contributed by atoms with Crippen molar-refractivity contribution in [2.45, 2.75) is 44.3 Å². The molecule has 9 heteroatoms. The first-order valence-corrected chi connectivity index (χ1v) is 9.30. The van der Waals surface area contributed by atoms with Gasteiger partial charge in [-0.25, -0.2) is 9.97 Å². The van der Waals surface area contributed by atoms with Gasteiger partial charge in [-0.05, 0) is 26.3 Å². The van der Waals surface area contributed by atoms with Crippen LogP contribution in [0, 0.1) is 11.3 Å². The number of hydrogen-bond donors (Lipinski definition) is 1. The minimum atomic E-state index is -0.749. The third-order valence-corrected chi connectivity index (χ3v) is 6.35. The van der Waals surface area contributed by atoms with Gasteiger partial charge in [0.2, 0.25) is 5.91 Å². The topological polar surface area (TPSA) is 78.3 Å². The molecule has 3 aliphatic rings. The number of imidazole rings is 1. The lowest BCUT2D eigenvalue weighted by molar-refractivity contribution is -0.164. The quantitative estimate of drug-likeness (QED) is 0.789. The number of pyridine rings is 1. The molecule has 3 heterocycles. The second-order valence-corrected chi connectivity index (χ2v) is 8.49. The number of rotatable bonds is 2. The van der Waals surface area contributed by atoms with Crippen molar-refractivity contribution in [3.63, 3.8) is 0 Å². The van der Waals surface area contributed by atoms with E-state index in [9.17, 15) is 4.79 Å². The third-order valence-electron chi connectivity index (χ3n) is 5.87. The molecule has 2 aromatic heterocycles. The van der Waals surface area contributed by atoms with Crippen molar-refractivity contribution in [2.75, 3.05) is 7.05 Å². The molecule has 3 fully saturated rings. The third kappa shape index (κ3) is 2.00. The van der Waals surface area contributed by atoms with E-state index in [0.29, 0.717) is 21.3 Å². The van der Waals surface area contributed by atoms with Crippen LogP contribution in [0.2, 0.25) is 10.2 Å². The van der Waals surface area contributed by atoms with E-state index in [1.54, 1.807) is 19.4 Å². The molecule has 7 nitrogen and oxygen atoms in total. The van der Waals surface area contributed by atoms with Crippen LogP contribution in [-0.2, 0) is 14.3 Å². The summed E-state index contributed by atoms with van der Waals surface area (Å²) in [5, 5.41) is 3.54. The van der Waals surface area contributed by atoms with Gasteiger partial charge in [0.05, 0.1) is 22.8 Å². The zero-order valence-electron chi connectivity index (χ0n) is 14.5. The van der Waals surface area contributed by atoms with E-state index < -0.39 is 11.2 Å². The number of amides is 1. The molecule has 2 aliphatic carbocycles. The minimum Gasteiger partial charge on any atom is -0.359 e. The van der Waals surface area contributed by atoms with E-state index in [-0.39, 0.29) is 30.1 Å². The highest BCUT2D eigenvalue weighted by Crippen LogP contribution is 2.71. The smallest absolute Gasteiger partial charge is 0.229 e. The van der Waals surface area contributed by atoms with Crippen LogP contribution in [0.4, 0.5) is 0 Å². The van der Waals surface area contributed by atoms with Crippen molar-refractivity contribution in [1.82, 2.24) is 19.9 Å². The molecular weight excluding hydrogens is 379 g/mol. The van der Waals surface area contributed by atoms with Gasteiger partial charge in [-0.15, -0.1) is 0 Å². The number of nitrogens with one attached hydrogen (secondary N) is 1. The molecular formula is C17H18Cl2N4O3. The molecule has 1 amide bonds. The Bertz CT molecular complexity index is 945. The van der Waals surface area contributed by atoms with Crippen LogP contribution < -0.4 is 5.32 Å². The average Bonchev–Trinajstić information content (AvgIpc) is 2.88. The van der Waals surface area contributed by atoms with Gasteiger partial charge in [0.1, 0.15) is 22.9 Å². The van der Waals surface area contributed by atoms with Crippen LogP contribution in [0.3, 0.4) is 0 Å². The molecule has 5 atom stereocenters. The summed E-state index contributed by atoms with van der Waals surface area (Å²) in [4.78, 5) is 21.5. The van der Waals surface area contributed by atoms with E-state index in [2.05, 4.69) is 15.3 Å². The molecule has 1 saturated heterocycles. The number of carbonyl (C=O) groups excluding carboxylic acids is 1. The summed E-state index contributed by atoms with van der Waals surface area (Å²) in [6, 6.07) is 1.45. The number of hydrogen-bond acceptors (Lipinski definition) is 5. The number of fused-ring (bicyclic) bond motifs is 4. The van der Waals surface area contributed by atoms with Crippen LogP contribution in [0.25, 0.3) is 11.2 Å². The summed E-state index contributed by atoms with van der Waals surface area (Å²) in [5.41, 5.74) is 0.611. The molecule has 26 heavy (non-hydrogen) atoms. The first-order valence-electron chi connectivity index (χ1n) is 8.55. The fourth-order valence-electron chi connectivity index (χ4n) is 4.86. The molecule has 138 valence electrons. The highest BCUT2D eigenvalue weighted by atomic mass is 35.5. The Kier molecular flexibility index (Phi) is 3.28. The van der Waals surface area contributed by atoms with Crippen LogP contribution >= 0.6 is 23.2 Å². The Balaban J connectivity index is 1.65. The van der Waals surface area contributed by atoms with Crippen molar-refractivity contribution in [1.29, 1.82) is 0 Å². The van der Waals surface area contributed by atoms with Crippen LogP contribution in [0.15, 0.2) is 12.4 Å². The Morgan fingerprint density at radius 3 is 2.88 bits per heavy atom. The van der Waals surface area contributed by atoms with Gasteiger partial charge in [0.25, 0.3) is 0 Å². The van der Waals surface area contributed by atoms with Gasteiger partial charge >= 0.3 is 0 Å². The van der Waals surface area contributed by atoms with Crippen LogP contribution in [-0.4, -0.2) is 45.5 Å². The van der Waals surface area contributed by atoms with Crippen molar-refractivity contribution in [3.05, 3.63) is 22.6 Å². The van der Waals surface area contributed by atoms with E-state index in [4.69, 9.17) is 32.7 Å². The van der Waals surface area contributed by atoms with Crippen LogP contribution in [0.1, 0.15) is 26.3 Å². The number of halogens is 2. The molecule has 0 aromatic carbocycles. The van der Waals surface area contributed by atoms with Gasteiger partial charge in [0.15, 0.2) is 11.4 Å². The zero-order valence-corrected chi connectivity index (χ0v) is 16.0. The maximum atomic E-state index is 12.7. The number of aromatic nitrogens is 3. The lowest BCUT2D eigenvalue weighted by atomic mass is 9.98. The summed E-state index contributed by atoms with van der Waals surface area (Å²) in [5.74, 6) is -0.665. The molecule has 0 spiro atoms. The fraction of sp³-hybridized carbons (Fsp3) is 0.588. The summed E-state index contributed by atoms with van der Waals surface area (Å²) in [6.07, 6.45) is 1.87. The lowest BCUT2D eigenvalue weighted by Crippen LogP contribution is -2.40. The molecule has 1 N–H and O–H groups in total. The number of carbonyl (C=O) groups is 1. The minimum absolute atomic E-state index is 0.00487. The standard InChI is InChI=1S/C17H18Cl2N4O3/c1-16(2)25-12-11(7-5-17(7,13(12)26-16)15(24)20-3)23-6-21-10-8(18)4-9(19)22-14(10)23/h4,6-7,11-13H,5H2,1-3H3,(H,20,24)/t7-,11-,12+,13+,17+/m1/s1. The fourth-order valence-corrected chi connectivity index (χ4v) is 5.34. The van der Waals surface area contributed by atoms with Crippen LogP contribution in [0.5, 0.6) is 0 Å². The van der Waals surface area contributed by atoms with E-state index in [1.807, 2.05) is 18.4 Å². The Morgan fingerprint density at radius 2 is 2.15 bits per heavy atom. The van der Waals surface area contributed by atoms with Crippen molar-refractivity contribution in [2.24, 2.45) is 11.3 Å². The Hall–Kier alpha value is -1.41. The van der Waals surface area contributed by atoms with E-state index >= 15 is 0 Å². The maximum Gasteiger partial charge on any atom is 0.229 e. The summed E-state index contributed by atoms with van der Waals surface area (Å²) in [7, 11) is 1.66. The number of nitrogens with zero attached hydrogens (tertiary/aromatic N) is 3. The lowest BCUT2D eigenvalue weighted by Gasteiger charge is -2.24. The van der Waals surface area contributed by atoms with Crippen molar-refractivity contribution in [3.8, 4) is 0 Å². The first-order chi connectivity index (χ1) is 12.3. The highest BCUT2D eigenvalue weighted by molar-refractivity contribution is 6.37. The van der Waals surface area contributed by atoms with E-state index in [0.717, 1.165) is 6.42 Å². The van der Waals surface area contributed by atoms with Gasteiger partial charge in [0, 0.05) is 13.0 Å². The Labute approximate surface area is 160 Å². The molecule has 1 aliphatic heterocycles. The first kappa shape index (κ1) is 16.7. The maximum absolute atomic E-state index is 12.7. The Morgan fingerprint density at radius 1 is 1.38 bits per heavy atom. The summed E-state index contributed by atoms with van der Waals surface area (Å²) >= 11 is 12.4. The monoisotopic (exact) mass is 396 g/mol. The van der Waals surface area contributed by atoms with Gasteiger partial charge in [-0.3, -0.25) is 4.79 Å². The largest absolute Gasteiger partial charge is 0.359 e. The second-order valence-electron chi connectivity index (χ2n) is 7.69. The predicted octanol–water partition coefficient (Wildman–Crippen LogP) is 2.57. The predicted molar refractivity (Wildman–Crippen MR) is 95.0 cm³/mol. The van der Waals surface area contributed by atoms with E-state index in [1.165, 1.54) is 0 Å². The molecule has 5 rings (SSSR count). The van der Waals surface area contributed by atoms with Gasteiger partial charge in [-0.2, -0.15) is 0 Å². The molecule has 2 aromatic rings. The van der Waals surface area contributed by atoms with Crippen molar-refractivity contribution < 1.29 is 14.3 Å². The van der Waals surface area contributed by atoms with Crippen molar-refractivity contribution >= 4 is 40.3 Å². The highest BCUT2D eigenvalue weighted by Gasteiger charge is 2.79. The normalized spacial score (nSPS) is 36.8. The molecule has 0 unspecified atom stereocenters. The zero-order chi connectivity index (χ0) is 18.4. The average molecular weight is 397 g/mol. The molecule has 0 bridgehead atoms. The molecule has 0 radical (unpaired) electrons. The van der Waals surface area contributed by atoms with Gasteiger partial charge in [-0.1, -0.05) is 23.2 Å². The van der Waals surface area contributed by atoms with Gasteiger partial charge < -0.3 is 19.4 Å².